The summed E-state index contributed by atoms with van der Waals surface area (Å²) in [6.07, 6.45) is 7.24. The molecule has 0 spiro atoms. The van der Waals surface area contributed by atoms with Crippen molar-refractivity contribution in [3.05, 3.63) is 35.6 Å². The summed E-state index contributed by atoms with van der Waals surface area (Å²) in [5.41, 5.74) is 1.33. The first-order chi connectivity index (χ1) is 9.07. The minimum absolute atomic E-state index is 0.0775. The molecule has 1 aliphatic carbocycles. The van der Waals surface area contributed by atoms with E-state index in [4.69, 9.17) is 0 Å². The van der Waals surface area contributed by atoms with E-state index in [1.165, 1.54) is 32.1 Å². The molecule has 1 saturated carbocycles. The Bertz CT molecular complexity index is 400. The lowest BCUT2D eigenvalue weighted by Gasteiger charge is -2.22. The van der Waals surface area contributed by atoms with E-state index < -0.39 is 0 Å². The first-order valence-corrected chi connectivity index (χ1v) is 7.54. The normalized spacial score (nSPS) is 23.0. The lowest BCUT2D eigenvalue weighted by Crippen LogP contribution is -2.30. The SMILES string of the molecule is CC1(C)CCCC(NCCc2ccccc2F)CC1. The van der Waals surface area contributed by atoms with Gasteiger partial charge in [0.15, 0.2) is 0 Å². The van der Waals surface area contributed by atoms with Gasteiger partial charge >= 0.3 is 0 Å². The van der Waals surface area contributed by atoms with E-state index in [9.17, 15) is 4.39 Å². The monoisotopic (exact) mass is 263 g/mol. The van der Waals surface area contributed by atoms with Crippen LogP contribution in [0.1, 0.15) is 51.5 Å². The zero-order chi connectivity index (χ0) is 13.7. The Hall–Kier alpha value is -0.890. The molecule has 0 radical (unpaired) electrons. The first-order valence-electron chi connectivity index (χ1n) is 7.54. The van der Waals surface area contributed by atoms with Gasteiger partial charge in [-0.25, -0.2) is 4.39 Å². The van der Waals surface area contributed by atoms with Crippen LogP contribution in [-0.4, -0.2) is 12.6 Å². The second-order valence-electron chi connectivity index (χ2n) is 6.59. The fourth-order valence-electron chi connectivity index (χ4n) is 2.98. The summed E-state index contributed by atoms with van der Waals surface area (Å²) in [6.45, 7) is 5.62. The zero-order valence-corrected chi connectivity index (χ0v) is 12.2. The molecule has 19 heavy (non-hydrogen) atoms. The molecule has 0 heterocycles. The van der Waals surface area contributed by atoms with Crippen molar-refractivity contribution in [1.29, 1.82) is 0 Å². The maximum Gasteiger partial charge on any atom is 0.126 e. The highest BCUT2D eigenvalue weighted by molar-refractivity contribution is 5.17. The highest BCUT2D eigenvalue weighted by atomic mass is 19.1. The average Bonchev–Trinajstić information content (AvgIpc) is 2.53. The van der Waals surface area contributed by atoms with Gasteiger partial charge in [0.05, 0.1) is 0 Å². The van der Waals surface area contributed by atoms with Crippen LogP contribution in [0.15, 0.2) is 24.3 Å². The lowest BCUT2D eigenvalue weighted by molar-refractivity contribution is 0.310. The van der Waals surface area contributed by atoms with E-state index in [2.05, 4.69) is 19.2 Å². The molecule has 0 amide bonds. The third-order valence-electron chi connectivity index (χ3n) is 4.36. The summed E-state index contributed by atoms with van der Waals surface area (Å²) in [5, 5.41) is 3.61. The Labute approximate surface area is 116 Å². The molecular weight excluding hydrogens is 237 g/mol. The van der Waals surface area contributed by atoms with Crippen molar-refractivity contribution in [1.82, 2.24) is 5.32 Å². The molecule has 1 atom stereocenters. The van der Waals surface area contributed by atoms with Crippen LogP contribution in [-0.2, 0) is 6.42 Å². The van der Waals surface area contributed by atoms with Gasteiger partial charge in [-0.1, -0.05) is 38.5 Å². The second-order valence-corrected chi connectivity index (χ2v) is 6.59. The molecule has 0 bridgehead atoms. The highest BCUT2D eigenvalue weighted by Crippen LogP contribution is 2.33. The molecule has 2 rings (SSSR count). The molecule has 1 fully saturated rings. The van der Waals surface area contributed by atoms with Gasteiger partial charge in [-0.3, -0.25) is 0 Å². The molecule has 0 aliphatic heterocycles. The van der Waals surface area contributed by atoms with Crippen molar-refractivity contribution in [2.75, 3.05) is 6.54 Å². The smallest absolute Gasteiger partial charge is 0.126 e. The van der Waals surface area contributed by atoms with Crippen LogP contribution in [0.4, 0.5) is 4.39 Å². The standard InChI is InChI=1S/C17H26FN/c1-17(2)11-5-7-15(9-12-17)19-13-10-14-6-3-4-8-16(14)18/h3-4,6,8,15,19H,5,7,9-13H2,1-2H3. The number of hydrogen-bond acceptors (Lipinski definition) is 1. The van der Waals surface area contributed by atoms with Gasteiger partial charge in [-0.05, 0) is 55.7 Å². The third-order valence-corrected chi connectivity index (χ3v) is 4.36. The van der Waals surface area contributed by atoms with E-state index >= 15 is 0 Å². The van der Waals surface area contributed by atoms with E-state index in [1.807, 2.05) is 12.1 Å². The number of halogens is 1. The quantitative estimate of drug-likeness (QED) is 0.798. The lowest BCUT2D eigenvalue weighted by atomic mass is 9.85. The Morgan fingerprint density at radius 3 is 2.79 bits per heavy atom. The Morgan fingerprint density at radius 2 is 2.00 bits per heavy atom. The van der Waals surface area contributed by atoms with Crippen LogP contribution < -0.4 is 5.32 Å². The van der Waals surface area contributed by atoms with E-state index in [-0.39, 0.29) is 5.82 Å². The number of benzene rings is 1. The summed E-state index contributed by atoms with van der Waals surface area (Å²) in [6, 6.07) is 7.71. The highest BCUT2D eigenvalue weighted by Gasteiger charge is 2.23. The summed E-state index contributed by atoms with van der Waals surface area (Å²) in [7, 11) is 0. The summed E-state index contributed by atoms with van der Waals surface area (Å²) in [4.78, 5) is 0. The molecule has 1 aliphatic rings. The molecule has 1 aromatic carbocycles. The van der Waals surface area contributed by atoms with Crippen LogP contribution in [0, 0.1) is 11.2 Å². The van der Waals surface area contributed by atoms with Gasteiger partial charge in [0.2, 0.25) is 0 Å². The maximum atomic E-state index is 13.5. The van der Waals surface area contributed by atoms with E-state index in [0.717, 1.165) is 18.5 Å². The Kier molecular flexibility index (Phi) is 4.98. The van der Waals surface area contributed by atoms with Gasteiger partial charge in [-0.2, -0.15) is 0 Å². The molecule has 1 unspecified atom stereocenters. The van der Waals surface area contributed by atoms with Crippen molar-refractivity contribution in [2.24, 2.45) is 5.41 Å². The van der Waals surface area contributed by atoms with Crippen molar-refractivity contribution < 1.29 is 4.39 Å². The molecule has 106 valence electrons. The van der Waals surface area contributed by atoms with Gasteiger partial charge in [0.1, 0.15) is 5.82 Å². The van der Waals surface area contributed by atoms with Gasteiger partial charge in [-0.15, -0.1) is 0 Å². The van der Waals surface area contributed by atoms with Crippen LogP contribution in [0.2, 0.25) is 0 Å². The van der Waals surface area contributed by atoms with Crippen molar-refractivity contribution in [3.63, 3.8) is 0 Å². The van der Waals surface area contributed by atoms with Crippen molar-refractivity contribution in [2.45, 2.75) is 58.4 Å². The fraction of sp³-hybridized carbons (Fsp3) is 0.647. The zero-order valence-electron chi connectivity index (χ0n) is 12.2. The summed E-state index contributed by atoms with van der Waals surface area (Å²) < 4.78 is 13.5. The van der Waals surface area contributed by atoms with Gasteiger partial charge in [0.25, 0.3) is 0 Å². The van der Waals surface area contributed by atoms with Crippen LogP contribution >= 0.6 is 0 Å². The Morgan fingerprint density at radius 1 is 1.21 bits per heavy atom. The number of nitrogens with one attached hydrogen (secondary N) is 1. The van der Waals surface area contributed by atoms with E-state index in [0.29, 0.717) is 11.5 Å². The molecule has 1 nitrogen and oxygen atoms in total. The maximum absolute atomic E-state index is 13.5. The average molecular weight is 263 g/mol. The molecule has 1 aromatic rings. The Balaban J connectivity index is 1.75. The first kappa shape index (κ1) is 14.5. The number of rotatable bonds is 4. The molecule has 2 heteroatoms. The van der Waals surface area contributed by atoms with Crippen LogP contribution in [0.25, 0.3) is 0 Å². The van der Waals surface area contributed by atoms with Gasteiger partial charge < -0.3 is 5.32 Å². The molecule has 1 N–H and O–H groups in total. The molecular formula is C17H26FN. The largest absolute Gasteiger partial charge is 0.314 e. The van der Waals surface area contributed by atoms with Gasteiger partial charge in [0, 0.05) is 6.04 Å². The minimum atomic E-state index is -0.0775. The predicted molar refractivity (Wildman–Crippen MR) is 78.8 cm³/mol. The predicted octanol–water partition coefficient (Wildman–Crippen LogP) is 4.32. The molecule has 0 aromatic heterocycles. The minimum Gasteiger partial charge on any atom is -0.314 e. The van der Waals surface area contributed by atoms with Crippen LogP contribution in [0.3, 0.4) is 0 Å². The van der Waals surface area contributed by atoms with Crippen molar-refractivity contribution in [3.8, 4) is 0 Å². The second kappa shape index (κ2) is 6.51. The number of hydrogen-bond donors (Lipinski definition) is 1. The molecule has 0 saturated heterocycles. The summed E-state index contributed by atoms with van der Waals surface area (Å²) >= 11 is 0. The van der Waals surface area contributed by atoms with Crippen molar-refractivity contribution >= 4 is 0 Å². The third kappa shape index (κ3) is 4.61. The van der Waals surface area contributed by atoms with E-state index in [1.54, 1.807) is 12.1 Å². The fourth-order valence-corrected chi connectivity index (χ4v) is 2.98. The topological polar surface area (TPSA) is 12.0 Å². The summed E-state index contributed by atoms with van der Waals surface area (Å²) in [5.74, 6) is -0.0775. The van der Waals surface area contributed by atoms with Crippen LogP contribution in [0.5, 0.6) is 0 Å².